The Hall–Kier alpha value is -0.900. The Balaban J connectivity index is 1.62. The van der Waals surface area contributed by atoms with Crippen LogP contribution < -0.4 is 5.32 Å². The van der Waals surface area contributed by atoms with Crippen LogP contribution in [0.5, 0.6) is 0 Å². The topological polar surface area (TPSA) is 55.4 Å². The second kappa shape index (κ2) is 7.63. The Bertz CT molecular complexity index is 299. The average molecular weight is 267 g/mol. The monoisotopic (exact) mass is 267 g/mol. The smallest absolute Gasteiger partial charge is 0.246 e. The van der Waals surface area contributed by atoms with Crippen LogP contribution in [0.25, 0.3) is 0 Å². The first kappa shape index (κ1) is 14.5. The van der Waals surface area contributed by atoms with E-state index in [9.17, 15) is 9.59 Å². The third-order valence-corrected chi connectivity index (χ3v) is 4.16. The number of carbonyl (C=O) groups is 2. The maximum absolute atomic E-state index is 11.8. The molecule has 0 aliphatic heterocycles. The van der Waals surface area contributed by atoms with Gasteiger partial charge in [-0.05, 0) is 25.7 Å². The van der Waals surface area contributed by atoms with E-state index in [0.717, 1.165) is 25.7 Å². The standard InChI is InChI=1S/C15H25NO3/c17-13-7-9-14(10-8-13)19-11-15(18)16-12-5-3-1-2-4-6-12/h12,14H,1-11H2,(H,16,18). The molecule has 19 heavy (non-hydrogen) atoms. The number of hydrogen-bond donors (Lipinski definition) is 1. The normalized spacial score (nSPS) is 23.1. The summed E-state index contributed by atoms with van der Waals surface area (Å²) in [6, 6.07) is 0.339. The highest BCUT2D eigenvalue weighted by molar-refractivity contribution is 5.79. The van der Waals surface area contributed by atoms with E-state index >= 15 is 0 Å². The summed E-state index contributed by atoms with van der Waals surface area (Å²) >= 11 is 0. The lowest BCUT2D eigenvalue weighted by molar-refractivity contribution is -0.130. The maximum Gasteiger partial charge on any atom is 0.246 e. The summed E-state index contributed by atoms with van der Waals surface area (Å²) in [6.07, 6.45) is 10.1. The summed E-state index contributed by atoms with van der Waals surface area (Å²) in [5.41, 5.74) is 0. The summed E-state index contributed by atoms with van der Waals surface area (Å²) < 4.78 is 5.60. The average Bonchev–Trinajstić information content (AvgIpc) is 2.67. The zero-order valence-electron chi connectivity index (χ0n) is 11.7. The van der Waals surface area contributed by atoms with Crippen molar-refractivity contribution >= 4 is 11.7 Å². The van der Waals surface area contributed by atoms with Gasteiger partial charge in [0.15, 0.2) is 0 Å². The minimum Gasteiger partial charge on any atom is -0.368 e. The van der Waals surface area contributed by atoms with Gasteiger partial charge < -0.3 is 10.1 Å². The molecular weight excluding hydrogens is 242 g/mol. The molecule has 0 aromatic carbocycles. The summed E-state index contributed by atoms with van der Waals surface area (Å²) in [4.78, 5) is 22.9. The number of ether oxygens (including phenoxy) is 1. The van der Waals surface area contributed by atoms with Gasteiger partial charge >= 0.3 is 0 Å². The lowest BCUT2D eigenvalue weighted by atomic mass is 9.96. The third kappa shape index (κ3) is 5.31. The van der Waals surface area contributed by atoms with Crippen LogP contribution in [-0.4, -0.2) is 30.4 Å². The molecule has 0 heterocycles. The number of carbonyl (C=O) groups excluding carboxylic acids is 2. The largest absolute Gasteiger partial charge is 0.368 e. The lowest BCUT2D eigenvalue weighted by Crippen LogP contribution is -2.38. The summed E-state index contributed by atoms with van der Waals surface area (Å²) in [5, 5.41) is 3.08. The fourth-order valence-electron chi connectivity index (χ4n) is 2.97. The Kier molecular flexibility index (Phi) is 5.83. The van der Waals surface area contributed by atoms with Gasteiger partial charge in [-0.3, -0.25) is 9.59 Å². The SMILES string of the molecule is O=C1CCC(OCC(=O)NC2CCCCCC2)CC1. The Morgan fingerprint density at radius 1 is 1.05 bits per heavy atom. The zero-order chi connectivity index (χ0) is 13.5. The summed E-state index contributed by atoms with van der Waals surface area (Å²) in [6.45, 7) is 0.148. The second-order valence-corrected chi connectivity index (χ2v) is 5.81. The zero-order valence-corrected chi connectivity index (χ0v) is 11.7. The second-order valence-electron chi connectivity index (χ2n) is 5.81. The fourth-order valence-corrected chi connectivity index (χ4v) is 2.97. The van der Waals surface area contributed by atoms with E-state index in [1.165, 1.54) is 25.7 Å². The minimum atomic E-state index is 0.00352. The molecule has 0 saturated heterocycles. The fraction of sp³-hybridized carbons (Fsp3) is 0.867. The van der Waals surface area contributed by atoms with Gasteiger partial charge in [-0.25, -0.2) is 0 Å². The van der Waals surface area contributed by atoms with E-state index in [4.69, 9.17) is 4.74 Å². The van der Waals surface area contributed by atoms with Crippen LogP contribution in [0.2, 0.25) is 0 Å². The summed E-state index contributed by atoms with van der Waals surface area (Å²) in [7, 11) is 0. The molecule has 0 bridgehead atoms. The van der Waals surface area contributed by atoms with Crippen LogP contribution in [0.1, 0.15) is 64.2 Å². The molecule has 2 fully saturated rings. The minimum absolute atomic E-state index is 0.00352. The van der Waals surface area contributed by atoms with Crippen molar-refractivity contribution in [3.05, 3.63) is 0 Å². The first-order valence-electron chi connectivity index (χ1n) is 7.66. The molecule has 1 amide bonds. The molecule has 0 atom stereocenters. The highest BCUT2D eigenvalue weighted by Gasteiger charge is 2.21. The molecule has 0 unspecified atom stereocenters. The molecule has 1 N–H and O–H groups in total. The van der Waals surface area contributed by atoms with Gasteiger partial charge in [-0.15, -0.1) is 0 Å². The van der Waals surface area contributed by atoms with Gasteiger partial charge in [-0.1, -0.05) is 25.7 Å². The van der Waals surface area contributed by atoms with Crippen LogP contribution in [0.15, 0.2) is 0 Å². The molecule has 4 heteroatoms. The van der Waals surface area contributed by atoms with E-state index in [1.54, 1.807) is 0 Å². The van der Waals surface area contributed by atoms with Crippen molar-refractivity contribution < 1.29 is 14.3 Å². The molecule has 2 aliphatic carbocycles. The van der Waals surface area contributed by atoms with Gasteiger partial charge in [0.2, 0.25) is 5.91 Å². The van der Waals surface area contributed by atoms with E-state index in [2.05, 4.69) is 5.32 Å². The first-order valence-corrected chi connectivity index (χ1v) is 7.66. The Morgan fingerprint density at radius 2 is 1.68 bits per heavy atom. The van der Waals surface area contributed by atoms with Crippen molar-refractivity contribution in [2.24, 2.45) is 0 Å². The van der Waals surface area contributed by atoms with E-state index in [-0.39, 0.29) is 18.6 Å². The number of rotatable bonds is 4. The van der Waals surface area contributed by atoms with Crippen molar-refractivity contribution in [2.75, 3.05) is 6.61 Å². The van der Waals surface area contributed by atoms with Gasteiger partial charge in [-0.2, -0.15) is 0 Å². The highest BCUT2D eigenvalue weighted by atomic mass is 16.5. The van der Waals surface area contributed by atoms with Crippen LogP contribution in [0, 0.1) is 0 Å². The lowest BCUT2D eigenvalue weighted by Gasteiger charge is -2.22. The first-order chi connectivity index (χ1) is 9.24. The number of amides is 1. The van der Waals surface area contributed by atoms with E-state index in [1.807, 2.05) is 0 Å². The van der Waals surface area contributed by atoms with E-state index < -0.39 is 0 Å². The molecule has 0 spiro atoms. The molecule has 2 aliphatic rings. The predicted octanol–water partition coefficient (Wildman–Crippen LogP) is 2.35. The quantitative estimate of drug-likeness (QED) is 0.795. The van der Waals surface area contributed by atoms with Crippen LogP contribution in [-0.2, 0) is 14.3 Å². The summed E-state index contributed by atoms with van der Waals surface area (Å²) in [5.74, 6) is 0.326. The molecule has 2 rings (SSSR count). The Labute approximate surface area is 115 Å². The van der Waals surface area contributed by atoms with Gasteiger partial charge in [0.25, 0.3) is 0 Å². The van der Waals surface area contributed by atoms with Crippen LogP contribution in [0.4, 0.5) is 0 Å². The van der Waals surface area contributed by atoms with Crippen molar-refractivity contribution in [1.29, 1.82) is 0 Å². The van der Waals surface area contributed by atoms with Gasteiger partial charge in [0.1, 0.15) is 12.4 Å². The number of nitrogens with one attached hydrogen (secondary N) is 1. The van der Waals surface area contributed by atoms with Gasteiger partial charge in [0, 0.05) is 18.9 Å². The molecular formula is C15H25NO3. The number of hydrogen-bond acceptors (Lipinski definition) is 3. The van der Waals surface area contributed by atoms with Crippen molar-refractivity contribution in [3.63, 3.8) is 0 Å². The molecule has 0 aromatic heterocycles. The van der Waals surface area contributed by atoms with E-state index in [0.29, 0.717) is 24.7 Å². The Morgan fingerprint density at radius 3 is 2.32 bits per heavy atom. The highest BCUT2D eigenvalue weighted by Crippen LogP contribution is 2.19. The molecule has 2 saturated carbocycles. The maximum atomic E-state index is 11.8. The van der Waals surface area contributed by atoms with Crippen molar-refractivity contribution in [1.82, 2.24) is 5.32 Å². The molecule has 0 aromatic rings. The van der Waals surface area contributed by atoms with Crippen LogP contribution in [0.3, 0.4) is 0 Å². The number of Topliss-reactive ketones (excluding diaryl/α,β-unsaturated/α-hetero) is 1. The predicted molar refractivity (Wildman–Crippen MR) is 72.8 cm³/mol. The van der Waals surface area contributed by atoms with Crippen LogP contribution >= 0.6 is 0 Å². The molecule has 4 nitrogen and oxygen atoms in total. The van der Waals surface area contributed by atoms with Crippen molar-refractivity contribution in [3.8, 4) is 0 Å². The number of ketones is 1. The molecule has 108 valence electrons. The molecule has 0 radical (unpaired) electrons. The third-order valence-electron chi connectivity index (χ3n) is 4.16. The van der Waals surface area contributed by atoms with Crippen molar-refractivity contribution in [2.45, 2.75) is 76.4 Å². The van der Waals surface area contributed by atoms with Gasteiger partial charge in [0.05, 0.1) is 6.10 Å².